The number of nitrogens with zero attached hydrogens (tertiary/aromatic N) is 2. The average molecular weight is 263 g/mol. The predicted octanol–water partition coefficient (Wildman–Crippen LogP) is 2.51. The number of hydrogen-bond acceptors (Lipinski definition) is 4. The van der Waals surface area contributed by atoms with Crippen molar-refractivity contribution in [1.29, 1.82) is 0 Å². The van der Waals surface area contributed by atoms with Crippen LogP contribution >= 0.6 is 0 Å². The Morgan fingerprint density at radius 3 is 2.89 bits per heavy atom. The Labute approximate surface area is 116 Å². The number of aromatic nitrogens is 2. The second-order valence-electron chi connectivity index (χ2n) is 5.48. The highest BCUT2D eigenvalue weighted by Gasteiger charge is 2.15. The van der Waals surface area contributed by atoms with Crippen LogP contribution in [0.4, 0.5) is 0 Å². The van der Waals surface area contributed by atoms with Gasteiger partial charge in [0.15, 0.2) is 0 Å². The maximum atomic E-state index is 5.85. The van der Waals surface area contributed by atoms with Crippen molar-refractivity contribution in [2.24, 2.45) is 0 Å². The van der Waals surface area contributed by atoms with Crippen molar-refractivity contribution in [3.05, 3.63) is 17.6 Å². The number of rotatable bonds is 6. The number of hydrogen-bond donors (Lipinski definition) is 1. The monoisotopic (exact) mass is 263 g/mol. The molecule has 0 radical (unpaired) electrons. The van der Waals surface area contributed by atoms with Crippen LogP contribution in [0.25, 0.3) is 0 Å². The SMILES string of the molecule is CC(C)NCCCOc1ncnc2c1CCCCC2. The maximum absolute atomic E-state index is 5.85. The zero-order chi connectivity index (χ0) is 13.5. The van der Waals surface area contributed by atoms with Gasteiger partial charge in [-0.1, -0.05) is 20.3 Å². The summed E-state index contributed by atoms with van der Waals surface area (Å²) in [5, 5.41) is 3.39. The van der Waals surface area contributed by atoms with Crippen LogP contribution < -0.4 is 10.1 Å². The van der Waals surface area contributed by atoms with Crippen LogP contribution in [0.5, 0.6) is 5.88 Å². The molecule has 0 spiro atoms. The summed E-state index contributed by atoms with van der Waals surface area (Å²) >= 11 is 0. The van der Waals surface area contributed by atoms with Crippen LogP contribution in [0, 0.1) is 0 Å². The van der Waals surface area contributed by atoms with E-state index in [2.05, 4.69) is 29.1 Å². The number of fused-ring (bicyclic) bond motifs is 1. The first-order valence-electron chi connectivity index (χ1n) is 7.46. The van der Waals surface area contributed by atoms with E-state index in [4.69, 9.17) is 4.74 Å². The molecule has 0 saturated heterocycles. The first-order chi connectivity index (χ1) is 9.27. The van der Waals surface area contributed by atoms with E-state index in [9.17, 15) is 0 Å². The molecule has 4 heteroatoms. The highest BCUT2D eigenvalue weighted by Crippen LogP contribution is 2.25. The molecule has 0 unspecified atom stereocenters. The largest absolute Gasteiger partial charge is 0.477 e. The van der Waals surface area contributed by atoms with E-state index in [1.807, 2.05) is 0 Å². The first kappa shape index (κ1) is 14.3. The number of ether oxygens (including phenoxy) is 1. The molecule has 1 heterocycles. The second kappa shape index (κ2) is 7.43. The summed E-state index contributed by atoms with van der Waals surface area (Å²) in [4.78, 5) is 8.72. The Kier molecular flexibility index (Phi) is 5.58. The molecule has 4 nitrogen and oxygen atoms in total. The Morgan fingerprint density at radius 2 is 2.05 bits per heavy atom. The first-order valence-corrected chi connectivity index (χ1v) is 7.46. The van der Waals surface area contributed by atoms with Gasteiger partial charge in [0.05, 0.1) is 12.3 Å². The van der Waals surface area contributed by atoms with Crippen LogP contribution in [0.3, 0.4) is 0 Å². The fourth-order valence-corrected chi connectivity index (χ4v) is 2.42. The third-order valence-electron chi connectivity index (χ3n) is 3.45. The van der Waals surface area contributed by atoms with Crippen LogP contribution in [0.15, 0.2) is 6.33 Å². The van der Waals surface area contributed by atoms with Gasteiger partial charge in [0.25, 0.3) is 0 Å². The molecular formula is C15H25N3O. The number of aryl methyl sites for hydroxylation is 1. The number of nitrogens with one attached hydrogen (secondary N) is 1. The molecule has 19 heavy (non-hydrogen) atoms. The van der Waals surface area contributed by atoms with Gasteiger partial charge < -0.3 is 10.1 Å². The lowest BCUT2D eigenvalue weighted by Crippen LogP contribution is -2.25. The topological polar surface area (TPSA) is 47.0 Å². The van der Waals surface area contributed by atoms with Crippen molar-refractivity contribution in [3.63, 3.8) is 0 Å². The van der Waals surface area contributed by atoms with Crippen molar-refractivity contribution >= 4 is 0 Å². The van der Waals surface area contributed by atoms with E-state index in [1.54, 1.807) is 6.33 Å². The molecule has 0 fully saturated rings. The molecule has 1 N–H and O–H groups in total. The lowest BCUT2D eigenvalue weighted by atomic mass is 10.1. The highest BCUT2D eigenvalue weighted by atomic mass is 16.5. The van der Waals surface area contributed by atoms with Gasteiger partial charge in [-0.25, -0.2) is 9.97 Å². The van der Waals surface area contributed by atoms with Crippen molar-refractivity contribution in [2.45, 2.75) is 58.4 Å². The van der Waals surface area contributed by atoms with E-state index in [-0.39, 0.29) is 0 Å². The normalized spacial score (nSPS) is 15.1. The Bertz CT molecular complexity index is 393. The zero-order valence-corrected chi connectivity index (χ0v) is 12.1. The summed E-state index contributed by atoms with van der Waals surface area (Å²) in [5.41, 5.74) is 2.44. The fourth-order valence-electron chi connectivity index (χ4n) is 2.42. The molecule has 0 saturated carbocycles. The van der Waals surface area contributed by atoms with E-state index >= 15 is 0 Å². The minimum Gasteiger partial charge on any atom is -0.477 e. The standard InChI is InChI=1S/C15H25N3O/c1-12(2)16-9-6-10-19-15-13-7-4-3-5-8-14(13)17-11-18-15/h11-12,16H,3-10H2,1-2H3. The van der Waals surface area contributed by atoms with E-state index in [0.717, 1.165) is 38.3 Å². The highest BCUT2D eigenvalue weighted by molar-refractivity contribution is 5.30. The van der Waals surface area contributed by atoms with E-state index in [1.165, 1.54) is 30.5 Å². The predicted molar refractivity (Wildman–Crippen MR) is 76.5 cm³/mol. The summed E-state index contributed by atoms with van der Waals surface area (Å²) < 4.78 is 5.85. The van der Waals surface area contributed by atoms with Gasteiger partial charge in [-0.15, -0.1) is 0 Å². The van der Waals surface area contributed by atoms with E-state index in [0.29, 0.717) is 6.04 Å². The Morgan fingerprint density at radius 1 is 1.21 bits per heavy atom. The smallest absolute Gasteiger partial charge is 0.219 e. The molecule has 2 rings (SSSR count). The third-order valence-corrected chi connectivity index (χ3v) is 3.45. The molecule has 1 aromatic heterocycles. The second-order valence-corrected chi connectivity index (χ2v) is 5.48. The molecule has 0 atom stereocenters. The molecule has 106 valence electrons. The Hall–Kier alpha value is -1.16. The third kappa shape index (κ3) is 4.46. The van der Waals surface area contributed by atoms with Gasteiger partial charge in [-0.2, -0.15) is 0 Å². The van der Waals surface area contributed by atoms with E-state index < -0.39 is 0 Å². The summed E-state index contributed by atoms with van der Waals surface area (Å²) in [6, 6.07) is 0.537. The molecule has 0 aromatic carbocycles. The van der Waals surface area contributed by atoms with Gasteiger partial charge in [-0.05, 0) is 38.6 Å². The van der Waals surface area contributed by atoms with Crippen LogP contribution in [0.1, 0.15) is 50.8 Å². The summed E-state index contributed by atoms with van der Waals surface area (Å²) in [6.45, 7) is 6.03. The molecule has 1 aliphatic carbocycles. The van der Waals surface area contributed by atoms with Gasteiger partial charge in [-0.3, -0.25) is 0 Å². The van der Waals surface area contributed by atoms with Gasteiger partial charge in [0.1, 0.15) is 6.33 Å². The van der Waals surface area contributed by atoms with Crippen LogP contribution in [-0.2, 0) is 12.8 Å². The molecule has 1 aromatic rings. The van der Waals surface area contributed by atoms with Gasteiger partial charge in [0, 0.05) is 11.6 Å². The lowest BCUT2D eigenvalue weighted by Gasteiger charge is -2.12. The summed E-state index contributed by atoms with van der Waals surface area (Å²) in [5.74, 6) is 0.816. The maximum Gasteiger partial charge on any atom is 0.219 e. The van der Waals surface area contributed by atoms with Gasteiger partial charge >= 0.3 is 0 Å². The van der Waals surface area contributed by atoms with Crippen LogP contribution in [0.2, 0.25) is 0 Å². The summed E-state index contributed by atoms with van der Waals surface area (Å²) in [6.07, 6.45) is 8.54. The summed E-state index contributed by atoms with van der Waals surface area (Å²) in [7, 11) is 0. The Balaban J connectivity index is 1.86. The zero-order valence-electron chi connectivity index (χ0n) is 12.1. The van der Waals surface area contributed by atoms with Crippen molar-refractivity contribution in [2.75, 3.05) is 13.2 Å². The molecule has 1 aliphatic rings. The van der Waals surface area contributed by atoms with Gasteiger partial charge in [0.2, 0.25) is 5.88 Å². The average Bonchev–Trinajstić information content (AvgIpc) is 2.63. The lowest BCUT2D eigenvalue weighted by molar-refractivity contribution is 0.290. The molecule has 0 bridgehead atoms. The minimum absolute atomic E-state index is 0.537. The molecule has 0 aliphatic heterocycles. The quantitative estimate of drug-likeness (QED) is 0.633. The fraction of sp³-hybridized carbons (Fsp3) is 0.733. The van der Waals surface area contributed by atoms with Crippen molar-refractivity contribution in [1.82, 2.24) is 15.3 Å². The molecule has 0 amide bonds. The van der Waals surface area contributed by atoms with Crippen molar-refractivity contribution in [3.8, 4) is 5.88 Å². The van der Waals surface area contributed by atoms with Crippen molar-refractivity contribution < 1.29 is 4.74 Å². The van der Waals surface area contributed by atoms with Crippen LogP contribution in [-0.4, -0.2) is 29.2 Å². The molecular weight excluding hydrogens is 238 g/mol. The minimum atomic E-state index is 0.537.